The summed E-state index contributed by atoms with van der Waals surface area (Å²) in [6.07, 6.45) is 2.58. The number of carbonyl (C=O) groups is 1. The van der Waals surface area contributed by atoms with Crippen LogP contribution in [0.5, 0.6) is 0 Å². The molecule has 0 saturated heterocycles. The molecule has 17 heavy (non-hydrogen) atoms. The van der Waals surface area contributed by atoms with Crippen molar-refractivity contribution in [2.75, 3.05) is 7.11 Å². The topological polar surface area (TPSA) is 26.3 Å². The Morgan fingerprint density at radius 2 is 1.82 bits per heavy atom. The van der Waals surface area contributed by atoms with Crippen LogP contribution < -0.4 is 0 Å². The van der Waals surface area contributed by atoms with E-state index < -0.39 is 5.41 Å². The second-order valence-electron chi connectivity index (χ2n) is 4.54. The predicted octanol–water partition coefficient (Wildman–Crippen LogP) is 3.62. The second kappa shape index (κ2) is 5.85. The lowest BCUT2D eigenvalue weighted by Crippen LogP contribution is -2.36. The summed E-state index contributed by atoms with van der Waals surface area (Å²) in [5.74, 6) is -0.120. The van der Waals surface area contributed by atoms with Gasteiger partial charge in [-0.15, -0.1) is 0 Å². The van der Waals surface area contributed by atoms with Gasteiger partial charge in [0.15, 0.2) is 0 Å². The maximum atomic E-state index is 12.1. The van der Waals surface area contributed by atoms with Gasteiger partial charge in [0, 0.05) is 0 Å². The summed E-state index contributed by atoms with van der Waals surface area (Å²) in [5, 5.41) is 0. The van der Waals surface area contributed by atoms with Gasteiger partial charge >= 0.3 is 5.97 Å². The summed E-state index contributed by atoms with van der Waals surface area (Å²) in [7, 11) is 1.47. The molecular weight excluding hydrogens is 212 g/mol. The quantitative estimate of drug-likeness (QED) is 0.727. The van der Waals surface area contributed by atoms with Crippen molar-refractivity contribution < 1.29 is 9.53 Å². The molecule has 0 amide bonds. The Morgan fingerprint density at radius 3 is 2.24 bits per heavy atom. The van der Waals surface area contributed by atoms with Crippen molar-refractivity contribution >= 4 is 5.97 Å². The Labute approximate surface area is 104 Å². The molecule has 0 N–H and O–H groups in total. The molecular formula is C15H22O2. The summed E-state index contributed by atoms with van der Waals surface area (Å²) >= 11 is 0. The van der Waals surface area contributed by atoms with Gasteiger partial charge in [0.2, 0.25) is 0 Å². The van der Waals surface area contributed by atoms with Gasteiger partial charge in [-0.3, -0.25) is 4.79 Å². The van der Waals surface area contributed by atoms with E-state index in [1.807, 2.05) is 19.1 Å². The molecule has 0 radical (unpaired) electrons. The van der Waals surface area contributed by atoms with Crippen molar-refractivity contribution in [3.05, 3.63) is 35.4 Å². The third kappa shape index (κ3) is 2.68. The number of methoxy groups -OCH3 is 1. The smallest absolute Gasteiger partial charge is 0.316 e. The Bertz CT molecular complexity index is 367. The molecule has 0 aliphatic carbocycles. The van der Waals surface area contributed by atoms with Gasteiger partial charge in [0.1, 0.15) is 0 Å². The molecule has 1 aromatic rings. The zero-order valence-electron chi connectivity index (χ0n) is 11.2. The third-order valence-corrected chi connectivity index (χ3v) is 3.46. The van der Waals surface area contributed by atoms with Crippen molar-refractivity contribution in [3.63, 3.8) is 0 Å². The minimum Gasteiger partial charge on any atom is -0.468 e. The van der Waals surface area contributed by atoms with Crippen LogP contribution in [-0.4, -0.2) is 13.1 Å². The Kier molecular flexibility index (Phi) is 4.73. The van der Waals surface area contributed by atoms with E-state index in [9.17, 15) is 4.79 Å². The summed E-state index contributed by atoms with van der Waals surface area (Å²) in [6, 6.07) is 8.20. The standard InChI is InChI=1S/C15H22O2/c1-5-11-15(6-2,14(16)17-4)13-9-7-12(3)8-10-13/h7-10H,5-6,11H2,1-4H3. The van der Waals surface area contributed by atoms with E-state index in [2.05, 4.69) is 26.0 Å². The molecule has 0 aliphatic rings. The molecule has 1 unspecified atom stereocenters. The van der Waals surface area contributed by atoms with Crippen molar-refractivity contribution in [2.45, 2.75) is 45.4 Å². The minimum absolute atomic E-state index is 0.120. The number of hydrogen-bond acceptors (Lipinski definition) is 2. The molecule has 0 heterocycles. The fraction of sp³-hybridized carbons (Fsp3) is 0.533. The number of esters is 1. The Hall–Kier alpha value is -1.31. The average Bonchev–Trinajstić information content (AvgIpc) is 2.36. The Morgan fingerprint density at radius 1 is 1.24 bits per heavy atom. The SMILES string of the molecule is CCCC(CC)(C(=O)OC)c1ccc(C)cc1. The predicted molar refractivity (Wildman–Crippen MR) is 70.1 cm³/mol. The maximum Gasteiger partial charge on any atom is 0.316 e. The molecule has 2 heteroatoms. The van der Waals surface area contributed by atoms with Crippen molar-refractivity contribution in [2.24, 2.45) is 0 Å². The summed E-state index contributed by atoms with van der Waals surface area (Å²) < 4.78 is 5.00. The van der Waals surface area contributed by atoms with Gasteiger partial charge < -0.3 is 4.74 Å². The normalized spacial score (nSPS) is 14.1. The Balaban J connectivity index is 3.20. The van der Waals surface area contributed by atoms with E-state index in [1.54, 1.807) is 0 Å². The van der Waals surface area contributed by atoms with Gasteiger partial charge in [-0.05, 0) is 25.3 Å². The zero-order chi connectivity index (χ0) is 12.9. The highest BCUT2D eigenvalue weighted by atomic mass is 16.5. The van der Waals surface area contributed by atoms with E-state index in [4.69, 9.17) is 4.74 Å². The van der Waals surface area contributed by atoms with Gasteiger partial charge in [0.05, 0.1) is 12.5 Å². The first-order valence-corrected chi connectivity index (χ1v) is 6.26. The number of hydrogen-bond donors (Lipinski definition) is 0. The van der Waals surface area contributed by atoms with Crippen LogP contribution in [-0.2, 0) is 14.9 Å². The lowest BCUT2D eigenvalue weighted by atomic mass is 9.74. The third-order valence-electron chi connectivity index (χ3n) is 3.46. The number of aryl methyl sites for hydroxylation is 1. The van der Waals surface area contributed by atoms with Crippen molar-refractivity contribution in [1.29, 1.82) is 0 Å². The second-order valence-corrected chi connectivity index (χ2v) is 4.54. The first-order valence-electron chi connectivity index (χ1n) is 6.26. The molecule has 0 bridgehead atoms. The van der Waals surface area contributed by atoms with Crippen LogP contribution in [0.2, 0.25) is 0 Å². The number of benzene rings is 1. The molecule has 0 fully saturated rings. The highest BCUT2D eigenvalue weighted by Gasteiger charge is 2.38. The van der Waals surface area contributed by atoms with Crippen LogP contribution in [0.3, 0.4) is 0 Å². The average molecular weight is 234 g/mol. The highest BCUT2D eigenvalue weighted by Crippen LogP contribution is 2.34. The van der Waals surface area contributed by atoms with E-state index in [0.717, 1.165) is 24.8 Å². The molecule has 2 nitrogen and oxygen atoms in total. The fourth-order valence-electron chi connectivity index (χ4n) is 2.38. The molecule has 1 atom stereocenters. The van der Waals surface area contributed by atoms with Crippen LogP contribution >= 0.6 is 0 Å². The van der Waals surface area contributed by atoms with E-state index in [0.29, 0.717) is 0 Å². The molecule has 0 spiro atoms. The molecule has 0 saturated carbocycles. The van der Waals surface area contributed by atoms with Crippen LogP contribution in [0, 0.1) is 6.92 Å². The van der Waals surface area contributed by atoms with Gasteiger partial charge in [0.25, 0.3) is 0 Å². The summed E-state index contributed by atoms with van der Waals surface area (Å²) in [5.41, 5.74) is 1.80. The van der Waals surface area contributed by atoms with E-state index in [-0.39, 0.29) is 5.97 Å². The van der Waals surface area contributed by atoms with Gasteiger partial charge in [-0.2, -0.15) is 0 Å². The van der Waals surface area contributed by atoms with Gasteiger partial charge in [-0.1, -0.05) is 50.1 Å². The molecule has 0 aromatic heterocycles. The molecule has 94 valence electrons. The van der Waals surface area contributed by atoms with E-state index >= 15 is 0 Å². The first-order chi connectivity index (χ1) is 8.10. The molecule has 1 rings (SSSR count). The molecule has 0 aliphatic heterocycles. The lowest BCUT2D eigenvalue weighted by Gasteiger charge is -2.30. The monoisotopic (exact) mass is 234 g/mol. The molecule has 1 aromatic carbocycles. The maximum absolute atomic E-state index is 12.1. The number of rotatable bonds is 5. The summed E-state index contributed by atoms with van der Waals surface area (Å²) in [4.78, 5) is 12.1. The first kappa shape index (κ1) is 13.8. The highest BCUT2D eigenvalue weighted by molar-refractivity contribution is 5.83. The largest absolute Gasteiger partial charge is 0.468 e. The minimum atomic E-state index is -0.475. The van der Waals surface area contributed by atoms with E-state index in [1.165, 1.54) is 12.7 Å². The fourth-order valence-corrected chi connectivity index (χ4v) is 2.38. The van der Waals surface area contributed by atoms with Gasteiger partial charge in [-0.25, -0.2) is 0 Å². The van der Waals surface area contributed by atoms with Crippen molar-refractivity contribution in [3.8, 4) is 0 Å². The summed E-state index contributed by atoms with van der Waals surface area (Å²) in [6.45, 7) is 6.20. The van der Waals surface area contributed by atoms with Crippen LogP contribution in [0.25, 0.3) is 0 Å². The lowest BCUT2D eigenvalue weighted by molar-refractivity contribution is -0.148. The van der Waals surface area contributed by atoms with Crippen LogP contribution in [0.1, 0.15) is 44.2 Å². The number of ether oxygens (including phenoxy) is 1. The van der Waals surface area contributed by atoms with Crippen molar-refractivity contribution in [1.82, 2.24) is 0 Å². The van der Waals surface area contributed by atoms with Crippen LogP contribution in [0.15, 0.2) is 24.3 Å². The zero-order valence-corrected chi connectivity index (χ0v) is 11.2. The van der Waals surface area contributed by atoms with Crippen LogP contribution in [0.4, 0.5) is 0 Å². The number of carbonyl (C=O) groups excluding carboxylic acids is 1.